The maximum absolute atomic E-state index is 2.26. The van der Waals surface area contributed by atoms with Crippen LogP contribution in [0.15, 0.2) is 11.8 Å². The molecule has 0 amide bonds. The van der Waals surface area contributed by atoms with Crippen molar-refractivity contribution in [2.24, 2.45) is 5.92 Å². The fraction of sp³-hybridized carbons (Fsp3) is 0.818. The maximum Gasteiger partial charge on any atom is 0.0224 e. The van der Waals surface area contributed by atoms with Gasteiger partial charge >= 0.3 is 0 Å². The van der Waals surface area contributed by atoms with Gasteiger partial charge in [0.2, 0.25) is 0 Å². The zero-order valence-corrected chi connectivity index (χ0v) is 9.39. The molecule has 0 aromatic heterocycles. The summed E-state index contributed by atoms with van der Waals surface area (Å²) in [4.78, 5) is 2.26. The number of rotatable bonds is 4. The lowest BCUT2D eigenvalue weighted by molar-refractivity contribution is 0.371. The van der Waals surface area contributed by atoms with E-state index in [4.69, 9.17) is 0 Å². The molecule has 0 saturated carbocycles. The standard InChI is InChI=1S/C11H23N/c1-9(2)7-11(5)8-12(6)10(3)4/h8-10H,7H2,1-6H3/b11-8+. The van der Waals surface area contributed by atoms with Crippen molar-refractivity contribution in [3.63, 3.8) is 0 Å². The highest BCUT2D eigenvalue weighted by molar-refractivity contribution is 4.98. The van der Waals surface area contributed by atoms with E-state index in [9.17, 15) is 0 Å². The van der Waals surface area contributed by atoms with Crippen LogP contribution in [-0.2, 0) is 0 Å². The summed E-state index contributed by atoms with van der Waals surface area (Å²) in [7, 11) is 2.13. The van der Waals surface area contributed by atoms with E-state index in [2.05, 4.69) is 52.8 Å². The first-order chi connectivity index (χ1) is 5.43. The fourth-order valence-electron chi connectivity index (χ4n) is 1.19. The third kappa shape index (κ3) is 5.22. The van der Waals surface area contributed by atoms with Crippen molar-refractivity contribution in [1.82, 2.24) is 4.90 Å². The minimum atomic E-state index is 0.604. The monoisotopic (exact) mass is 169 g/mol. The van der Waals surface area contributed by atoms with Crippen LogP contribution in [0.1, 0.15) is 41.0 Å². The molecular formula is C11H23N. The second-order valence-corrected chi connectivity index (χ2v) is 4.33. The Bertz CT molecular complexity index is 145. The largest absolute Gasteiger partial charge is 0.378 e. The highest BCUT2D eigenvalue weighted by Gasteiger charge is 2.00. The van der Waals surface area contributed by atoms with Crippen LogP contribution in [0.25, 0.3) is 0 Å². The van der Waals surface area contributed by atoms with Crippen LogP contribution < -0.4 is 0 Å². The van der Waals surface area contributed by atoms with Crippen LogP contribution in [0.5, 0.6) is 0 Å². The van der Waals surface area contributed by atoms with Crippen LogP contribution in [0.2, 0.25) is 0 Å². The molecule has 0 fully saturated rings. The minimum Gasteiger partial charge on any atom is -0.378 e. The van der Waals surface area contributed by atoms with Gasteiger partial charge in [0.1, 0.15) is 0 Å². The molecule has 1 heteroatoms. The predicted molar refractivity (Wildman–Crippen MR) is 56.1 cm³/mol. The highest BCUT2D eigenvalue weighted by Crippen LogP contribution is 2.10. The van der Waals surface area contributed by atoms with Gasteiger partial charge in [0.25, 0.3) is 0 Å². The van der Waals surface area contributed by atoms with Gasteiger partial charge in [0.15, 0.2) is 0 Å². The molecule has 0 unspecified atom stereocenters. The average Bonchev–Trinajstić information content (AvgIpc) is 1.84. The van der Waals surface area contributed by atoms with Gasteiger partial charge in [-0.05, 0) is 39.3 Å². The molecule has 0 heterocycles. The number of nitrogens with zero attached hydrogens (tertiary/aromatic N) is 1. The first-order valence-corrected chi connectivity index (χ1v) is 4.82. The summed E-state index contributed by atoms with van der Waals surface area (Å²) in [6, 6.07) is 0.604. The Balaban J connectivity index is 3.97. The second kappa shape index (κ2) is 5.23. The molecule has 0 aliphatic carbocycles. The quantitative estimate of drug-likeness (QED) is 0.624. The molecular weight excluding hydrogens is 146 g/mol. The summed E-state index contributed by atoms with van der Waals surface area (Å²) in [6.07, 6.45) is 3.46. The Morgan fingerprint density at radius 2 is 1.75 bits per heavy atom. The Labute approximate surface area is 77.5 Å². The Hall–Kier alpha value is -0.460. The molecule has 0 aromatic rings. The van der Waals surface area contributed by atoms with Crippen molar-refractivity contribution in [2.75, 3.05) is 7.05 Å². The van der Waals surface area contributed by atoms with E-state index < -0.39 is 0 Å². The van der Waals surface area contributed by atoms with Gasteiger partial charge in [-0.2, -0.15) is 0 Å². The molecule has 0 atom stereocenters. The molecule has 0 spiro atoms. The minimum absolute atomic E-state index is 0.604. The lowest BCUT2D eigenvalue weighted by atomic mass is 10.1. The summed E-state index contributed by atoms with van der Waals surface area (Å²) in [6.45, 7) is 11.1. The molecule has 72 valence electrons. The van der Waals surface area contributed by atoms with E-state index in [1.165, 1.54) is 12.0 Å². The van der Waals surface area contributed by atoms with Crippen LogP contribution >= 0.6 is 0 Å². The first-order valence-electron chi connectivity index (χ1n) is 4.82. The number of allylic oxidation sites excluding steroid dienone is 1. The number of hydrogen-bond acceptors (Lipinski definition) is 1. The summed E-state index contributed by atoms with van der Waals surface area (Å²) >= 11 is 0. The third-order valence-corrected chi connectivity index (χ3v) is 1.97. The summed E-state index contributed by atoms with van der Waals surface area (Å²) < 4.78 is 0. The van der Waals surface area contributed by atoms with E-state index in [0.29, 0.717) is 6.04 Å². The molecule has 0 aliphatic rings. The predicted octanol–water partition coefficient (Wildman–Crippen LogP) is 3.28. The second-order valence-electron chi connectivity index (χ2n) is 4.33. The molecule has 0 saturated heterocycles. The Morgan fingerprint density at radius 3 is 2.08 bits per heavy atom. The summed E-state index contributed by atoms with van der Waals surface area (Å²) in [5.41, 5.74) is 1.47. The zero-order valence-electron chi connectivity index (χ0n) is 9.39. The summed E-state index contributed by atoms with van der Waals surface area (Å²) in [5, 5.41) is 0. The average molecular weight is 169 g/mol. The van der Waals surface area contributed by atoms with E-state index in [1.807, 2.05) is 0 Å². The van der Waals surface area contributed by atoms with Gasteiger partial charge in [-0.15, -0.1) is 0 Å². The molecule has 0 N–H and O–H groups in total. The van der Waals surface area contributed by atoms with Gasteiger partial charge < -0.3 is 4.90 Å². The molecule has 12 heavy (non-hydrogen) atoms. The topological polar surface area (TPSA) is 3.24 Å². The van der Waals surface area contributed by atoms with Crippen LogP contribution in [-0.4, -0.2) is 18.0 Å². The van der Waals surface area contributed by atoms with Gasteiger partial charge in [0, 0.05) is 13.1 Å². The van der Waals surface area contributed by atoms with Gasteiger partial charge in [-0.3, -0.25) is 0 Å². The van der Waals surface area contributed by atoms with Crippen molar-refractivity contribution in [2.45, 2.75) is 47.1 Å². The Kier molecular flexibility index (Phi) is 5.03. The highest BCUT2D eigenvalue weighted by atomic mass is 15.1. The lowest BCUT2D eigenvalue weighted by Gasteiger charge is -2.20. The van der Waals surface area contributed by atoms with Crippen molar-refractivity contribution >= 4 is 0 Å². The van der Waals surface area contributed by atoms with Gasteiger partial charge in [-0.25, -0.2) is 0 Å². The van der Waals surface area contributed by atoms with Crippen molar-refractivity contribution in [3.05, 3.63) is 11.8 Å². The lowest BCUT2D eigenvalue weighted by Crippen LogP contribution is -2.20. The van der Waals surface area contributed by atoms with E-state index in [0.717, 1.165) is 5.92 Å². The molecule has 1 nitrogen and oxygen atoms in total. The fourth-order valence-corrected chi connectivity index (χ4v) is 1.19. The van der Waals surface area contributed by atoms with Gasteiger partial charge in [-0.1, -0.05) is 19.4 Å². The maximum atomic E-state index is 2.26. The Morgan fingerprint density at radius 1 is 1.25 bits per heavy atom. The van der Waals surface area contributed by atoms with E-state index >= 15 is 0 Å². The molecule has 0 radical (unpaired) electrons. The van der Waals surface area contributed by atoms with E-state index in [-0.39, 0.29) is 0 Å². The van der Waals surface area contributed by atoms with Crippen LogP contribution in [0, 0.1) is 5.92 Å². The summed E-state index contributed by atoms with van der Waals surface area (Å²) in [5.74, 6) is 0.766. The third-order valence-electron chi connectivity index (χ3n) is 1.97. The number of hydrogen-bond donors (Lipinski definition) is 0. The molecule has 0 rings (SSSR count). The molecule has 0 bridgehead atoms. The van der Waals surface area contributed by atoms with Crippen molar-refractivity contribution in [3.8, 4) is 0 Å². The van der Waals surface area contributed by atoms with E-state index in [1.54, 1.807) is 0 Å². The molecule has 0 aromatic carbocycles. The smallest absolute Gasteiger partial charge is 0.0224 e. The van der Waals surface area contributed by atoms with Crippen LogP contribution in [0.4, 0.5) is 0 Å². The SMILES string of the molecule is C/C(=C\N(C)C(C)C)CC(C)C. The molecule has 0 aliphatic heterocycles. The van der Waals surface area contributed by atoms with Crippen molar-refractivity contribution in [1.29, 1.82) is 0 Å². The normalized spacial score (nSPS) is 12.8. The van der Waals surface area contributed by atoms with Gasteiger partial charge in [0.05, 0.1) is 0 Å². The van der Waals surface area contributed by atoms with Crippen molar-refractivity contribution < 1.29 is 0 Å². The zero-order chi connectivity index (χ0) is 9.72. The van der Waals surface area contributed by atoms with Crippen LogP contribution in [0.3, 0.4) is 0 Å². The first kappa shape index (κ1) is 11.5.